The Hall–Kier alpha value is -0.330. The Labute approximate surface area is 94.2 Å². The second-order valence-corrected chi connectivity index (χ2v) is 4.16. The van der Waals surface area contributed by atoms with Crippen LogP contribution >= 0.6 is 0 Å². The Morgan fingerprint density at radius 1 is 1.31 bits per heavy atom. The van der Waals surface area contributed by atoms with Gasteiger partial charge in [-0.05, 0) is 20.9 Å². The van der Waals surface area contributed by atoms with E-state index < -0.39 is 18.7 Å². The molecule has 0 aliphatic carbocycles. The van der Waals surface area contributed by atoms with Crippen molar-refractivity contribution in [3.63, 3.8) is 0 Å². The van der Waals surface area contributed by atoms with Gasteiger partial charge >= 0.3 is 6.18 Å². The average molecular weight is 243 g/mol. The van der Waals surface area contributed by atoms with E-state index in [0.717, 1.165) is 0 Å². The van der Waals surface area contributed by atoms with Crippen LogP contribution in [-0.4, -0.2) is 55.1 Å². The Morgan fingerprint density at radius 2 is 1.88 bits per heavy atom. The van der Waals surface area contributed by atoms with E-state index in [0.29, 0.717) is 0 Å². The van der Waals surface area contributed by atoms with Gasteiger partial charge in [0.2, 0.25) is 0 Å². The van der Waals surface area contributed by atoms with Crippen LogP contribution in [0.2, 0.25) is 0 Å². The molecule has 0 fully saturated rings. The van der Waals surface area contributed by atoms with E-state index in [9.17, 15) is 18.3 Å². The van der Waals surface area contributed by atoms with Gasteiger partial charge in [0.05, 0.1) is 25.2 Å². The van der Waals surface area contributed by atoms with Crippen molar-refractivity contribution in [2.75, 3.05) is 26.7 Å². The molecule has 0 aromatic carbocycles. The number of alkyl halides is 3. The van der Waals surface area contributed by atoms with Gasteiger partial charge < -0.3 is 14.7 Å². The quantitative estimate of drug-likeness (QED) is 0.738. The van der Waals surface area contributed by atoms with Crippen molar-refractivity contribution in [1.29, 1.82) is 0 Å². The van der Waals surface area contributed by atoms with E-state index in [4.69, 9.17) is 4.74 Å². The summed E-state index contributed by atoms with van der Waals surface area (Å²) < 4.78 is 40.8. The van der Waals surface area contributed by atoms with Crippen LogP contribution in [0.1, 0.15) is 20.3 Å². The molecule has 0 aliphatic heterocycles. The maximum atomic E-state index is 11.9. The minimum atomic E-state index is -4.15. The van der Waals surface area contributed by atoms with Gasteiger partial charge in [-0.2, -0.15) is 13.2 Å². The number of aliphatic hydroxyl groups is 1. The molecule has 98 valence electrons. The molecule has 0 amide bonds. The number of halogens is 3. The molecular formula is C10H20F3NO2. The van der Waals surface area contributed by atoms with E-state index in [1.54, 1.807) is 7.05 Å². The minimum Gasteiger partial charge on any atom is -0.389 e. The van der Waals surface area contributed by atoms with Crippen LogP contribution in [0.15, 0.2) is 0 Å². The van der Waals surface area contributed by atoms with Crippen molar-refractivity contribution >= 4 is 0 Å². The smallest absolute Gasteiger partial charge is 0.389 e. The molecule has 1 N–H and O–H groups in total. The summed E-state index contributed by atoms with van der Waals surface area (Å²) in [6, 6.07) is 0. The van der Waals surface area contributed by atoms with Crippen molar-refractivity contribution < 1.29 is 23.0 Å². The number of hydrogen-bond acceptors (Lipinski definition) is 3. The fourth-order valence-corrected chi connectivity index (χ4v) is 1.12. The molecule has 16 heavy (non-hydrogen) atoms. The molecule has 3 nitrogen and oxygen atoms in total. The molecule has 6 heteroatoms. The second-order valence-electron chi connectivity index (χ2n) is 4.16. The Balaban J connectivity index is 3.66. The molecule has 0 bridgehead atoms. The number of likely N-dealkylation sites (N-methyl/N-ethyl adjacent to an activating group) is 1. The van der Waals surface area contributed by atoms with Crippen LogP contribution in [0.4, 0.5) is 13.2 Å². The standard InChI is InChI=1S/C10H20F3NO2/c1-8(2)16-7-9(15)6-14(3)5-4-10(11,12)13/h8-9,15H,4-7H2,1-3H3. The van der Waals surface area contributed by atoms with E-state index in [2.05, 4.69) is 0 Å². The highest BCUT2D eigenvalue weighted by Gasteiger charge is 2.27. The van der Waals surface area contributed by atoms with Crippen LogP contribution in [0.25, 0.3) is 0 Å². The van der Waals surface area contributed by atoms with Crippen molar-refractivity contribution in [3.8, 4) is 0 Å². The lowest BCUT2D eigenvalue weighted by Gasteiger charge is -2.21. The highest BCUT2D eigenvalue weighted by atomic mass is 19.4. The largest absolute Gasteiger partial charge is 0.390 e. The third-order valence-electron chi connectivity index (χ3n) is 1.92. The number of ether oxygens (including phenoxy) is 1. The molecule has 0 aliphatic rings. The summed E-state index contributed by atoms with van der Waals surface area (Å²) in [7, 11) is 1.55. The van der Waals surface area contributed by atoms with Crippen molar-refractivity contribution in [2.24, 2.45) is 0 Å². The highest BCUT2D eigenvalue weighted by Crippen LogP contribution is 2.19. The topological polar surface area (TPSA) is 32.7 Å². The number of rotatable bonds is 7. The fraction of sp³-hybridized carbons (Fsp3) is 1.00. The van der Waals surface area contributed by atoms with Crippen molar-refractivity contribution in [2.45, 2.75) is 38.7 Å². The van der Waals surface area contributed by atoms with Crippen molar-refractivity contribution in [3.05, 3.63) is 0 Å². The van der Waals surface area contributed by atoms with Gasteiger partial charge in [-0.3, -0.25) is 0 Å². The number of nitrogens with zero attached hydrogens (tertiary/aromatic N) is 1. The fourth-order valence-electron chi connectivity index (χ4n) is 1.12. The summed E-state index contributed by atoms with van der Waals surface area (Å²) in [4.78, 5) is 1.45. The zero-order valence-electron chi connectivity index (χ0n) is 9.92. The van der Waals surface area contributed by atoms with Crippen LogP contribution in [0.3, 0.4) is 0 Å². The zero-order valence-corrected chi connectivity index (χ0v) is 9.92. The number of hydrogen-bond donors (Lipinski definition) is 1. The maximum Gasteiger partial charge on any atom is 0.390 e. The Bertz CT molecular complexity index is 185. The molecule has 1 unspecified atom stereocenters. The van der Waals surface area contributed by atoms with Crippen LogP contribution < -0.4 is 0 Å². The lowest BCUT2D eigenvalue weighted by molar-refractivity contribution is -0.138. The van der Waals surface area contributed by atoms with E-state index >= 15 is 0 Å². The molecule has 0 heterocycles. The number of aliphatic hydroxyl groups excluding tert-OH is 1. The summed E-state index contributed by atoms with van der Waals surface area (Å²) in [6.45, 7) is 3.89. The second kappa shape index (κ2) is 7.09. The molecule has 0 saturated heterocycles. The van der Waals surface area contributed by atoms with E-state index in [-0.39, 0.29) is 25.8 Å². The molecular weight excluding hydrogens is 223 g/mol. The van der Waals surface area contributed by atoms with E-state index in [1.165, 1.54) is 4.90 Å². The van der Waals surface area contributed by atoms with Gasteiger partial charge in [-0.1, -0.05) is 0 Å². The van der Waals surface area contributed by atoms with Gasteiger partial charge in [-0.15, -0.1) is 0 Å². The lowest BCUT2D eigenvalue weighted by atomic mass is 10.3. The SMILES string of the molecule is CC(C)OCC(O)CN(C)CCC(F)(F)F. The predicted molar refractivity (Wildman–Crippen MR) is 55.3 cm³/mol. The summed E-state index contributed by atoms with van der Waals surface area (Å²) in [5.41, 5.74) is 0. The van der Waals surface area contributed by atoms with Crippen molar-refractivity contribution in [1.82, 2.24) is 4.90 Å². The first-order valence-electron chi connectivity index (χ1n) is 5.25. The first kappa shape index (κ1) is 15.7. The van der Waals surface area contributed by atoms with E-state index in [1.807, 2.05) is 13.8 Å². The van der Waals surface area contributed by atoms with Crippen LogP contribution in [0.5, 0.6) is 0 Å². The van der Waals surface area contributed by atoms with Gasteiger partial charge in [0.15, 0.2) is 0 Å². The van der Waals surface area contributed by atoms with Crippen LogP contribution in [0, 0.1) is 0 Å². The summed E-state index contributed by atoms with van der Waals surface area (Å²) in [6.07, 6.45) is -5.75. The average Bonchev–Trinajstić information content (AvgIpc) is 2.10. The Kier molecular flexibility index (Phi) is 6.94. The molecule has 0 aromatic rings. The maximum absolute atomic E-state index is 11.9. The molecule has 0 spiro atoms. The molecule has 0 rings (SSSR count). The van der Waals surface area contributed by atoms with Gasteiger partial charge in [-0.25, -0.2) is 0 Å². The molecule has 1 atom stereocenters. The summed E-state index contributed by atoms with van der Waals surface area (Å²) in [5, 5.41) is 9.45. The molecule has 0 saturated carbocycles. The molecule has 0 radical (unpaired) electrons. The minimum absolute atomic E-state index is 0.00938. The zero-order chi connectivity index (χ0) is 12.8. The molecule has 0 aromatic heterocycles. The monoisotopic (exact) mass is 243 g/mol. The highest BCUT2D eigenvalue weighted by molar-refractivity contribution is 4.63. The Morgan fingerprint density at radius 3 is 2.31 bits per heavy atom. The lowest BCUT2D eigenvalue weighted by Crippen LogP contribution is -2.34. The third-order valence-corrected chi connectivity index (χ3v) is 1.92. The van der Waals surface area contributed by atoms with Gasteiger partial charge in [0.25, 0.3) is 0 Å². The third kappa shape index (κ3) is 10.2. The van der Waals surface area contributed by atoms with Crippen LogP contribution in [-0.2, 0) is 4.74 Å². The normalized spacial score (nSPS) is 14.8. The first-order chi connectivity index (χ1) is 7.20. The first-order valence-corrected chi connectivity index (χ1v) is 5.25. The predicted octanol–water partition coefficient (Wildman–Crippen LogP) is 1.66. The summed E-state index contributed by atoms with van der Waals surface area (Å²) in [5.74, 6) is 0. The summed E-state index contributed by atoms with van der Waals surface area (Å²) >= 11 is 0. The van der Waals surface area contributed by atoms with Gasteiger partial charge in [0, 0.05) is 13.1 Å². The van der Waals surface area contributed by atoms with Gasteiger partial charge in [0.1, 0.15) is 0 Å².